The third kappa shape index (κ3) is 4.62. The zero-order valence-corrected chi connectivity index (χ0v) is 18.3. The summed E-state index contributed by atoms with van der Waals surface area (Å²) in [7, 11) is 0. The highest BCUT2D eigenvalue weighted by Crippen LogP contribution is 2.37. The second-order valence-corrected chi connectivity index (χ2v) is 8.22. The molecule has 3 aromatic rings. The Balaban J connectivity index is 1.76. The summed E-state index contributed by atoms with van der Waals surface area (Å²) < 4.78 is 14.2. The van der Waals surface area contributed by atoms with E-state index in [1.807, 2.05) is 48.5 Å². The standard InChI is InChI=1S/C26H23FN2OS/c1-3-18-9-13-21(14-10-18)28-26-29(22-15-11-19(4-2)12-16-22)25(30)24(31-26)17-20-7-5-6-8-23(20)27/h5-17H,3-4H2,1-2H3/b24-17-,28-26?. The van der Waals surface area contributed by atoms with E-state index in [-0.39, 0.29) is 11.7 Å². The average Bonchev–Trinajstić information content (AvgIpc) is 3.10. The Labute approximate surface area is 186 Å². The Kier molecular flexibility index (Phi) is 6.33. The summed E-state index contributed by atoms with van der Waals surface area (Å²) in [5, 5.41) is 0.557. The number of anilines is 1. The molecule has 0 aliphatic carbocycles. The minimum atomic E-state index is -0.359. The fourth-order valence-electron chi connectivity index (χ4n) is 3.31. The van der Waals surface area contributed by atoms with Crippen molar-refractivity contribution in [3.8, 4) is 0 Å². The number of carbonyl (C=O) groups is 1. The van der Waals surface area contributed by atoms with Crippen molar-refractivity contribution < 1.29 is 9.18 Å². The summed E-state index contributed by atoms with van der Waals surface area (Å²) in [4.78, 5) is 20.1. The molecule has 0 N–H and O–H groups in total. The molecule has 5 heteroatoms. The molecule has 1 saturated heterocycles. The van der Waals surface area contributed by atoms with Gasteiger partial charge in [0.1, 0.15) is 5.82 Å². The van der Waals surface area contributed by atoms with E-state index in [9.17, 15) is 9.18 Å². The van der Waals surface area contributed by atoms with Gasteiger partial charge >= 0.3 is 0 Å². The quantitative estimate of drug-likeness (QED) is 0.419. The van der Waals surface area contributed by atoms with Gasteiger partial charge in [0.25, 0.3) is 5.91 Å². The highest BCUT2D eigenvalue weighted by molar-refractivity contribution is 8.19. The molecule has 1 fully saturated rings. The fourth-order valence-corrected chi connectivity index (χ4v) is 4.30. The molecule has 3 aromatic carbocycles. The van der Waals surface area contributed by atoms with Gasteiger partial charge in [-0.25, -0.2) is 9.38 Å². The van der Waals surface area contributed by atoms with Crippen molar-refractivity contribution in [2.45, 2.75) is 26.7 Å². The molecule has 156 valence electrons. The molecular weight excluding hydrogens is 407 g/mol. The highest BCUT2D eigenvalue weighted by Gasteiger charge is 2.35. The van der Waals surface area contributed by atoms with Gasteiger partial charge in [-0.15, -0.1) is 0 Å². The molecular formula is C26H23FN2OS. The van der Waals surface area contributed by atoms with Crippen molar-refractivity contribution >= 4 is 40.3 Å². The van der Waals surface area contributed by atoms with Crippen molar-refractivity contribution in [1.29, 1.82) is 0 Å². The van der Waals surface area contributed by atoms with E-state index in [0.29, 0.717) is 15.6 Å². The van der Waals surface area contributed by atoms with Crippen LogP contribution in [0.4, 0.5) is 15.8 Å². The number of hydrogen-bond acceptors (Lipinski definition) is 3. The van der Waals surface area contributed by atoms with E-state index in [4.69, 9.17) is 4.99 Å². The van der Waals surface area contributed by atoms with Crippen LogP contribution in [0.25, 0.3) is 6.08 Å². The molecule has 0 saturated carbocycles. The second-order valence-electron chi connectivity index (χ2n) is 7.21. The first-order chi connectivity index (χ1) is 15.1. The molecule has 1 heterocycles. The second kappa shape index (κ2) is 9.31. The van der Waals surface area contributed by atoms with Gasteiger partial charge in [0.05, 0.1) is 16.3 Å². The predicted molar refractivity (Wildman–Crippen MR) is 128 cm³/mol. The molecule has 0 unspecified atom stereocenters. The number of halogens is 1. The van der Waals surface area contributed by atoms with Crippen molar-refractivity contribution in [3.63, 3.8) is 0 Å². The zero-order chi connectivity index (χ0) is 21.8. The maximum absolute atomic E-state index is 14.2. The molecule has 0 atom stereocenters. The number of hydrogen-bond donors (Lipinski definition) is 0. The van der Waals surface area contributed by atoms with E-state index < -0.39 is 0 Å². The lowest BCUT2D eigenvalue weighted by Gasteiger charge is -2.16. The minimum Gasteiger partial charge on any atom is -0.268 e. The molecule has 0 radical (unpaired) electrons. The number of aliphatic imine (C=N–C) groups is 1. The van der Waals surface area contributed by atoms with Gasteiger partial charge in [-0.3, -0.25) is 9.69 Å². The maximum atomic E-state index is 14.2. The molecule has 0 aromatic heterocycles. The van der Waals surface area contributed by atoms with E-state index in [2.05, 4.69) is 13.8 Å². The van der Waals surface area contributed by atoms with Crippen LogP contribution in [-0.4, -0.2) is 11.1 Å². The largest absolute Gasteiger partial charge is 0.271 e. The lowest BCUT2D eigenvalue weighted by atomic mass is 10.1. The Morgan fingerprint density at radius 2 is 1.52 bits per heavy atom. The smallest absolute Gasteiger partial charge is 0.268 e. The van der Waals surface area contributed by atoms with Crippen LogP contribution >= 0.6 is 11.8 Å². The van der Waals surface area contributed by atoms with Gasteiger partial charge in [-0.05, 0) is 72.1 Å². The summed E-state index contributed by atoms with van der Waals surface area (Å²) in [6.07, 6.45) is 3.47. The van der Waals surface area contributed by atoms with Gasteiger partial charge in [0, 0.05) is 5.56 Å². The Bertz CT molecular complexity index is 1150. The van der Waals surface area contributed by atoms with Crippen molar-refractivity contribution in [3.05, 3.63) is 100 Å². The first-order valence-electron chi connectivity index (χ1n) is 10.3. The van der Waals surface area contributed by atoms with Crippen LogP contribution in [0.15, 0.2) is 82.7 Å². The van der Waals surface area contributed by atoms with E-state index in [1.165, 1.54) is 29.0 Å². The summed E-state index contributed by atoms with van der Waals surface area (Å²) in [5.41, 5.74) is 4.32. The number of nitrogens with zero attached hydrogens (tertiary/aromatic N) is 2. The number of amidine groups is 1. The average molecular weight is 431 g/mol. The molecule has 0 spiro atoms. The molecule has 3 nitrogen and oxygen atoms in total. The number of amides is 1. The molecule has 1 aliphatic heterocycles. The minimum absolute atomic E-state index is 0.207. The number of thioether (sulfide) groups is 1. The molecule has 1 amide bonds. The van der Waals surface area contributed by atoms with Crippen LogP contribution in [0.1, 0.15) is 30.5 Å². The van der Waals surface area contributed by atoms with Crippen molar-refractivity contribution in [1.82, 2.24) is 0 Å². The van der Waals surface area contributed by atoms with Crippen LogP contribution in [0.2, 0.25) is 0 Å². The Morgan fingerprint density at radius 3 is 2.13 bits per heavy atom. The zero-order valence-electron chi connectivity index (χ0n) is 17.5. The maximum Gasteiger partial charge on any atom is 0.271 e. The summed E-state index contributed by atoms with van der Waals surface area (Å²) in [6.45, 7) is 4.20. The van der Waals surface area contributed by atoms with Gasteiger partial charge in [0.15, 0.2) is 5.17 Å². The summed E-state index contributed by atoms with van der Waals surface area (Å²) in [5.74, 6) is -0.566. The van der Waals surface area contributed by atoms with E-state index >= 15 is 0 Å². The van der Waals surface area contributed by atoms with Gasteiger partial charge in [0.2, 0.25) is 0 Å². The SMILES string of the molecule is CCc1ccc(N=C2S/C(=C\c3ccccc3F)C(=O)N2c2ccc(CC)cc2)cc1. The predicted octanol–water partition coefficient (Wildman–Crippen LogP) is 6.76. The highest BCUT2D eigenvalue weighted by atomic mass is 32.2. The monoisotopic (exact) mass is 430 g/mol. The number of aryl methyl sites for hydroxylation is 2. The topological polar surface area (TPSA) is 32.7 Å². The third-order valence-electron chi connectivity index (χ3n) is 5.17. The lowest BCUT2D eigenvalue weighted by molar-refractivity contribution is -0.113. The Morgan fingerprint density at radius 1 is 0.903 bits per heavy atom. The van der Waals surface area contributed by atoms with Crippen LogP contribution in [0, 0.1) is 5.82 Å². The third-order valence-corrected chi connectivity index (χ3v) is 6.14. The first-order valence-corrected chi connectivity index (χ1v) is 11.2. The van der Waals surface area contributed by atoms with Crippen LogP contribution in [-0.2, 0) is 17.6 Å². The molecule has 0 bridgehead atoms. The van der Waals surface area contributed by atoms with E-state index in [0.717, 1.165) is 24.2 Å². The van der Waals surface area contributed by atoms with Crippen LogP contribution in [0.3, 0.4) is 0 Å². The molecule has 31 heavy (non-hydrogen) atoms. The lowest BCUT2D eigenvalue weighted by Crippen LogP contribution is -2.28. The van der Waals surface area contributed by atoms with Gasteiger partial charge in [-0.2, -0.15) is 0 Å². The number of carbonyl (C=O) groups excluding carboxylic acids is 1. The summed E-state index contributed by atoms with van der Waals surface area (Å²) in [6, 6.07) is 22.3. The van der Waals surface area contributed by atoms with Crippen LogP contribution < -0.4 is 4.90 Å². The first kappa shape index (κ1) is 21.1. The van der Waals surface area contributed by atoms with Gasteiger partial charge < -0.3 is 0 Å². The van der Waals surface area contributed by atoms with Gasteiger partial charge in [-0.1, -0.05) is 56.3 Å². The Hall–Kier alpha value is -3.18. The number of benzene rings is 3. The number of rotatable bonds is 5. The van der Waals surface area contributed by atoms with Crippen molar-refractivity contribution in [2.75, 3.05) is 4.90 Å². The molecule has 4 rings (SSSR count). The van der Waals surface area contributed by atoms with E-state index in [1.54, 1.807) is 29.2 Å². The fraction of sp³-hybridized carbons (Fsp3) is 0.154. The summed E-state index contributed by atoms with van der Waals surface area (Å²) >= 11 is 1.26. The normalized spacial score (nSPS) is 16.5. The van der Waals surface area contributed by atoms with Crippen LogP contribution in [0.5, 0.6) is 0 Å². The van der Waals surface area contributed by atoms with Crippen molar-refractivity contribution in [2.24, 2.45) is 4.99 Å². The molecule has 1 aliphatic rings.